The number of amides is 1. The molecule has 1 spiro atoms. The molecule has 3 rings (SSSR count). The van der Waals surface area contributed by atoms with Crippen LogP contribution in [-0.4, -0.2) is 41.4 Å². The molecule has 2 aliphatic carbocycles. The van der Waals surface area contributed by atoms with Crippen LogP contribution in [0.4, 0.5) is 13.2 Å². The van der Waals surface area contributed by atoms with Crippen molar-refractivity contribution in [2.24, 2.45) is 11.3 Å². The molecule has 1 unspecified atom stereocenters. The average Bonchev–Trinajstić information content (AvgIpc) is 3.16. The van der Waals surface area contributed by atoms with Crippen LogP contribution in [-0.2, 0) is 14.3 Å². The Bertz CT molecular complexity index is 509. The van der Waals surface area contributed by atoms with Gasteiger partial charge >= 0.3 is 12.1 Å². The Hall–Kier alpha value is -1.31. The van der Waals surface area contributed by atoms with Crippen LogP contribution in [0, 0.1) is 11.3 Å². The molecule has 0 bridgehead atoms. The Labute approximate surface area is 131 Å². The molecule has 1 saturated heterocycles. The van der Waals surface area contributed by atoms with Gasteiger partial charge in [0.25, 0.3) is 0 Å². The van der Waals surface area contributed by atoms with E-state index in [2.05, 4.69) is 5.32 Å². The van der Waals surface area contributed by atoms with Gasteiger partial charge in [-0.1, -0.05) is 0 Å². The molecule has 3 fully saturated rings. The van der Waals surface area contributed by atoms with E-state index >= 15 is 0 Å². The number of ether oxygens (including phenoxy) is 1. The molecular formula is C15H20F3NO4. The molecule has 0 aromatic rings. The molecule has 1 atom stereocenters. The minimum Gasteiger partial charge on any atom is -0.481 e. The summed E-state index contributed by atoms with van der Waals surface area (Å²) in [4.78, 5) is 22.9. The van der Waals surface area contributed by atoms with Crippen molar-refractivity contribution in [1.82, 2.24) is 5.32 Å². The van der Waals surface area contributed by atoms with Crippen molar-refractivity contribution in [2.45, 2.75) is 62.8 Å². The average molecular weight is 335 g/mol. The Kier molecular flexibility index (Phi) is 3.85. The highest BCUT2D eigenvalue weighted by molar-refractivity contribution is 5.77. The largest absolute Gasteiger partial charge is 0.481 e. The highest BCUT2D eigenvalue weighted by atomic mass is 19.4. The molecule has 1 amide bonds. The third-order valence-corrected chi connectivity index (χ3v) is 5.40. The zero-order valence-corrected chi connectivity index (χ0v) is 12.6. The van der Waals surface area contributed by atoms with Gasteiger partial charge in [-0.2, -0.15) is 13.2 Å². The predicted octanol–water partition coefficient (Wildman–Crippen LogP) is 2.25. The first kappa shape index (κ1) is 16.5. The standard InChI is InChI=1S/C15H20F3NO4/c16-15(17,18)13(2-3-13)8-11(20)19-10-1-4-23-14(7-10)5-9(6-14)12(21)22/h9-10H,1-8H2,(H,19,20)(H,21,22). The normalized spacial score (nSPS) is 35.4. The van der Waals surface area contributed by atoms with Crippen molar-refractivity contribution in [1.29, 1.82) is 0 Å². The number of hydrogen-bond acceptors (Lipinski definition) is 3. The minimum absolute atomic E-state index is 0.0158. The number of hydrogen-bond donors (Lipinski definition) is 2. The van der Waals surface area contributed by atoms with Gasteiger partial charge in [-0.3, -0.25) is 9.59 Å². The van der Waals surface area contributed by atoms with Crippen LogP contribution >= 0.6 is 0 Å². The molecule has 0 aromatic heterocycles. The van der Waals surface area contributed by atoms with E-state index < -0.39 is 41.4 Å². The van der Waals surface area contributed by atoms with Crippen molar-refractivity contribution >= 4 is 11.9 Å². The van der Waals surface area contributed by atoms with Crippen LogP contribution < -0.4 is 5.32 Å². The molecule has 0 aromatic carbocycles. The summed E-state index contributed by atoms with van der Waals surface area (Å²) in [7, 11) is 0. The van der Waals surface area contributed by atoms with Gasteiger partial charge in [-0.05, 0) is 38.5 Å². The van der Waals surface area contributed by atoms with Gasteiger partial charge in [0.05, 0.1) is 16.9 Å². The molecule has 1 aliphatic heterocycles. The Morgan fingerprint density at radius 2 is 1.87 bits per heavy atom. The van der Waals surface area contributed by atoms with Crippen molar-refractivity contribution in [3.05, 3.63) is 0 Å². The van der Waals surface area contributed by atoms with E-state index in [0.29, 0.717) is 32.3 Å². The second-order valence-electron chi connectivity index (χ2n) is 7.19. The van der Waals surface area contributed by atoms with Gasteiger partial charge in [0.2, 0.25) is 5.91 Å². The summed E-state index contributed by atoms with van der Waals surface area (Å²) in [5.41, 5.74) is -2.36. The number of halogens is 3. The van der Waals surface area contributed by atoms with E-state index in [0.717, 1.165) is 0 Å². The number of aliphatic carboxylic acids is 1. The van der Waals surface area contributed by atoms with E-state index in [1.807, 2.05) is 0 Å². The van der Waals surface area contributed by atoms with Crippen LogP contribution in [0.5, 0.6) is 0 Å². The SMILES string of the molecule is O=C(CC1(C(F)(F)F)CC1)NC1CCOC2(C1)CC(C(=O)O)C2. The lowest BCUT2D eigenvalue weighted by atomic mass is 9.66. The molecule has 2 saturated carbocycles. The molecular weight excluding hydrogens is 315 g/mol. The number of alkyl halides is 3. The highest BCUT2D eigenvalue weighted by Crippen LogP contribution is 2.60. The molecule has 0 radical (unpaired) electrons. The summed E-state index contributed by atoms with van der Waals surface area (Å²) < 4.78 is 44.3. The number of carbonyl (C=O) groups excluding carboxylic acids is 1. The maximum Gasteiger partial charge on any atom is 0.395 e. The Morgan fingerprint density at radius 3 is 2.39 bits per heavy atom. The second-order valence-corrected chi connectivity index (χ2v) is 7.19. The smallest absolute Gasteiger partial charge is 0.395 e. The Morgan fingerprint density at radius 1 is 1.22 bits per heavy atom. The Balaban J connectivity index is 1.51. The van der Waals surface area contributed by atoms with E-state index in [-0.39, 0.29) is 18.9 Å². The highest BCUT2D eigenvalue weighted by Gasteiger charge is 2.63. The fourth-order valence-electron chi connectivity index (χ4n) is 3.75. The lowest BCUT2D eigenvalue weighted by Crippen LogP contribution is -2.56. The fraction of sp³-hybridized carbons (Fsp3) is 0.867. The quantitative estimate of drug-likeness (QED) is 0.826. The zero-order chi connectivity index (χ0) is 16.9. The van der Waals surface area contributed by atoms with Crippen LogP contribution in [0.25, 0.3) is 0 Å². The van der Waals surface area contributed by atoms with Crippen LogP contribution in [0.3, 0.4) is 0 Å². The van der Waals surface area contributed by atoms with E-state index in [1.165, 1.54) is 0 Å². The molecule has 5 nitrogen and oxygen atoms in total. The van der Waals surface area contributed by atoms with E-state index in [1.54, 1.807) is 0 Å². The van der Waals surface area contributed by atoms with Crippen molar-refractivity contribution in [2.75, 3.05) is 6.61 Å². The van der Waals surface area contributed by atoms with Crippen molar-refractivity contribution in [3.8, 4) is 0 Å². The van der Waals surface area contributed by atoms with E-state index in [9.17, 15) is 22.8 Å². The number of carboxylic acid groups (broad SMARTS) is 1. The van der Waals surface area contributed by atoms with Crippen LogP contribution in [0.2, 0.25) is 0 Å². The monoisotopic (exact) mass is 335 g/mol. The lowest BCUT2D eigenvalue weighted by molar-refractivity contribution is -0.192. The third-order valence-electron chi connectivity index (χ3n) is 5.40. The zero-order valence-electron chi connectivity index (χ0n) is 12.6. The maximum absolute atomic E-state index is 12.9. The van der Waals surface area contributed by atoms with Gasteiger partial charge in [-0.25, -0.2) is 0 Å². The summed E-state index contributed by atoms with van der Waals surface area (Å²) in [5.74, 6) is -1.85. The topological polar surface area (TPSA) is 75.6 Å². The van der Waals surface area contributed by atoms with Crippen molar-refractivity contribution < 1.29 is 32.6 Å². The molecule has 23 heavy (non-hydrogen) atoms. The summed E-state index contributed by atoms with van der Waals surface area (Å²) in [6.07, 6.45) is -2.99. The van der Waals surface area contributed by atoms with Gasteiger partial charge < -0.3 is 15.2 Å². The first-order chi connectivity index (χ1) is 10.6. The number of carboxylic acids is 1. The predicted molar refractivity (Wildman–Crippen MR) is 72.5 cm³/mol. The summed E-state index contributed by atoms with van der Waals surface area (Å²) in [6.45, 7) is 0.391. The van der Waals surface area contributed by atoms with Gasteiger partial charge in [-0.15, -0.1) is 0 Å². The second kappa shape index (κ2) is 5.36. The molecule has 130 valence electrons. The van der Waals surface area contributed by atoms with E-state index in [4.69, 9.17) is 9.84 Å². The third kappa shape index (κ3) is 3.18. The summed E-state index contributed by atoms with van der Waals surface area (Å²) >= 11 is 0. The van der Waals surface area contributed by atoms with Gasteiger partial charge in [0.15, 0.2) is 0 Å². The number of rotatable bonds is 4. The molecule has 8 heteroatoms. The van der Waals surface area contributed by atoms with Gasteiger partial charge in [0.1, 0.15) is 0 Å². The minimum atomic E-state index is -4.33. The fourth-order valence-corrected chi connectivity index (χ4v) is 3.75. The molecule has 3 aliphatic rings. The maximum atomic E-state index is 12.9. The summed E-state index contributed by atoms with van der Waals surface area (Å²) in [5, 5.41) is 11.6. The first-order valence-electron chi connectivity index (χ1n) is 7.88. The van der Waals surface area contributed by atoms with Crippen LogP contribution in [0.1, 0.15) is 44.9 Å². The molecule has 2 N–H and O–H groups in total. The summed E-state index contributed by atoms with van der Waals surface area (Å²) in [6, 6.07) is -0.241. The van der Waals surface area contributed by atoms with Gasteiger partial charge in [0, 0.05) is 19.1 Å². The van der Waals surface area contributed by atoms with Crippen molar-refractivity contribution in [3.63, 3.8) is 0 Å². The molecule has 1 heterocycles. The van der Waals surface area contributed by atoms with Crippen LogP contribution in [0.15, 0.2) is 0 Å². The lowest BCUT2D eigenvalue weighted by Gasteiger charge is -2.50. The number of nitrogens with one attached hydrogen (secondary N) is 1. The number of carbonyl (C=O) groups is 2. The first-order valence-corrected chi connectivity index (χ1v) is 7.88.